The Hall–Kier alpha value is -2.18. The van der Waals surface area contributed by atoms with Crippen molar-refractivity contribution in [1.82, 2.24) is 5.32 Å². The predicted molar refractivity (Wildman–Crippen MR) is 78.5 cm³/mol. The zero-order valence-electron chi connectivity index (χ0n) is 11.5. The Morgan fingerprint density at radius 3 is 2.80 bits per heavy atom. The summed E-state index contributed by atoms with van der Waals surface area (Å²) in [5.74, 6) is -0.265. The van der Waals surface area contributed by atoms with E-state index in [-0.39, 0.29) is 5.82 Å². The van der Waals surface area contributed by atoms with Crippen LogP contribution < -0.4 is 5.32 Å². The molecule has 0 heterocycles. The first-order chi connectivity index (χ1) is 9.74. The fraction of sp³-hybridized carbons (Fsp3) is 0.235. The van der Waals surface area contributed by atoms with Crippen molar-refractivity contribution in [2.75, 3.05) is 6.54 Å². The van der Waals surface area contributed by atoms with E-state index in [1.54, 1.807) is 24.3 Å². The minimum atomic E-state index is -0.265. The van der Waals surface area contributed by atoms with Crippen LogP contribution in [-0.4, -0.2) is 6.54 Å². The first-order valence-electron chi connectivity index (χ1n) is 6.74. The summed E-state index contributed by atoms with van der Waals surface area (Å²) in [6.45, 7) is 3.77. The maximum absolute atomic E-state index is 14.0. The van der Waals surface area contributed by atoms with Crippen molar-refractivity contribution in [3.63, 3.8) is 0 Å². The molecule has 0 unspecified atom stereocenters. The molecule has 0 aliphatic heterocycles. The number of hydrogen-bond donors (Lipinski definition) is 1. The van der Waals surface area contributed by atoms with Crippen molar-refractivity contribution in [2.24, 2.45) is 0 Å². The monoisotopic (exact) mass is 268 g/mol. The van der Waals surface area contributed by atoms with Crippen LogP contribution in [0.3, 0.4) is 0 Å². The molecule has 102 valence electrons. The SMILES string of the molecule is CCCNCc1ccc(F)c(-c2cccc(C#N)c2)c1. The fourth-order valence-corrected chi connectivity index (χ4v) is 2.07. The summed E-state index contributed by atoms with van der Waals surface area (Å²) in [7, 11) is 0. The van der Waals surface area contributed by atoms with E-state index in [9.17, 15) is 4.39 Å². The van der Waals surface area contributed by atoms with E-state index < -0.39 is 0 Å². The Morgan fingerprint density at radius 2 is 2.05 bits per heavy atom. The largest absolute Gasteiger partial charge is 0.313 e. The molecule has 0 spiro atoms. The van der Waals surface area contributed by atoms with Gasteiger partial charge in [0.25, 0.3) is 0 Å². The minimum absolute atomic E-state index is 0.265. The van der Waals surface area contributed by atoms with Gasteiger partial charge >= 0.3 is 0 Å². The van der Waals surface area contributed by atoms with Crippen molar-refractivity contribution < 1.29 is 4.39 Å². The van der Waals surface area contributed by atoms with Crippen LogP contribution in [0.25, 0.3) is 11.1 Å². The number of halogens is 1. The lowest BCUT2D eigenvalue weighted by Crippen LogP contribution is -2.13. The van der Waals surface area contributed by atoms with Gasteiger partial charge in [-0.05, 0) is 48.4 Å². The van der Waals surface area contributed by atoms with Crippen molar-refractivity contribution in [2.45, 2.75) is 19.9 Å². The Kier molecular flexibility index (Phi) is 4.86. The van der Waals surface area contributed by atoms with Crippen molar-refractivity contribution in [1.29, 1.82) is 5.26 Å². The van der Waals surface area contributed by atoms with Crippen LogP contribution in [0.4, 0.5) is 4.39 Å². The summed E-state index contributed by atoms with van der Waals surface area (Å²) in [6.07, 6.45) is 1.07. The van der Waals surface area contributed by atoms with Gasteiger partial charge in [0.1, 0.15) is 5.82 Å². The Morgan fingerprint density at radius 1 is 1.20 bits per heavy atom. The maximum Gasteiger partial charge on any atom is 0.131 e. The van der Waals surface area contributed by atoms with E-state index >= 15 is 0 Å². The third kappa shape index (κ3) is 3.43. The lowest BCUT2D eigenvalue weighted by molar-refractivity contribution is 0.628. The smallest absolute Gasteiger partial charge is 0.131 e. The van der Waals surface area contributed by atoms with E-state index in [1.165, 1.54) is 6.07 Å². The van der Waals surface area contributed by atoms with Crippen LogP contribution in [0.5, 0.6) is 0 Å². The summed E-state index contributed by atoms with van der Waals surface area (Å²) in [5, 5.41) is 12.2. The van der Waals surface area contributed by atoms with Gasteiger partial charge in [0, 0.05) is 12.1 Å². The first kappa shape index (κ1) is 14.2. The normalized spacial score (nSPS) is 10.2. The highest BCUT2D eigenvalue weighted by Crippen LogP contribution is 2.24. The number of nitriles is 1. The molecule has 0 aromatic heterocycles. The first-order valence-corrected chi connectivity index (χ1v) is 6.74. The number of nitrogens with one attached hydrogen (secondary N) is 1. The molecule has 0 amide bonds. The molecule has 0 fully saturated rings. The van der Waals surface area contributed by atoms with Gasteiger partial charge in [0.2, 0.25) is 0 Å². The lowest BCUT2D eigenvalue weighted by atomic mass is 10.0. The van der Waals surface area contributed by atoms with Gasteiger partial charge in [-0.1, -0.05) is 25.1 Å². The maximum atomic E-state index is 14.0. The van der Waals surface area contributed by atoms with Crippen LogP contribution in [0.15, 0.2) is 42.5 Å². The predicted octanol–water partition coefficient (Wildman–Crippen LogP) is 3.86. The quantitative estimate of drug-likeness (QED) is 0.836. The molecule has 2 aromatic rings. The van der Waals surface area contributed by atoms with E-state index in [0.29, 0.717) is 11.1 Å². The second-order valence-corrected chi connectivity index (χ2v) is 4.68. The molecule has 1 N–H and O–H groups in total. The molecule has 20 heavy (non-hydrogen) atoms. The van der Waals surface area contributed by atoms with E-state index in [1.807, 2.05) is 12.1 Å². The van der Waals surface area contributed by atoms with Crippen LogP contribution in [0, 0.1) is 17.1 Å². The Bertz CT molecular complexity index is 629. The number of rotatable bonds is 5. The van der Waals surface area contributed by atoms with Gasteiger partial charge in [-0.2, -0.15) is 5.26 Å². The van der Waals surface area contributed by atoms with E-state index in [0.717, 1.165) is 30.6 Å². The summed E-state index contributed by atoms with van der Waals surface area (Å²) in [6, 6.07) is 14.2. The molecular weight excluding hydrogens is 251 g/mol. The van der Waals surface area contributed by atoms with Gasteiger partial charge in [-0.15, -0.1) is 0 Å². The summed E-state index contributed by atoms with van der Waals surface area (Å²) >= 11 is 0. The molecule has 0 bridgehead atoms. The molecule has 2 aromatic carbocycles. The van der Waals surface area contributed by atoms with Gasteiger partial charge in [-0.3, -0.25) is 0 Å². The molecule has 0 atom stereocenters. The van der Waals surface area contributed by atoms with Crippen LogP contribution in [0.2, 0.25) is 0 Å². The number of benzene rings is 2. The Balaban J connectivity index is 2.30. The minimum Gasteiger partial charge on any atom is -0.313 e. The molecule has 0 saturated heterocycles. The number of nitrogens with zero attached hydrogens (tertiary/aromatic N) is 1. The van der Waals surface area contributed by atoms with Crippen LogP contribution in [-0.2, 0) is 6.54 Å². The average Bonchev–Trinajstić information content (AvgIpc) is 2.49. The van der Waals surface area contributed by atoms with E-state index in [4.69, 9.17) is 5.26 Å². The Labute approximate surface area is 118 Å². The van der Waals surface area contributed by atoms with E-state index in [2.05, 4.69) is 18.3 Å². The van der Waals surface area contributed by atoms with Crippen LogP contribution in [0.1, 0.15) is 24.5 Å². The van der Waals surface area contributed by atoms with Gasteiger partial charge in [0.05, 0.1) is 11.6 Å². The lowest BCUT2D eigenvalue weighted by Gasteiger charge is -2.08. The molecule has 0 aliphatic rings. The molecule has 2 nitrogen and oxygen atoms in total. The second-order valence-electron chi connectivity index (χ2n) is 4.68. The highest BCUT2D eigenvalue weighted by atomic mass is 19.1. The zero-order valence-corrected chi connectivity index (χ0v) is 11.5. The van der Waals surface area contributed by atoms with Crippen molar-refractivity contribution in [3.8, 4) is 17.2 Å². The van der Waals surface area contributed by atoms with Crippen molar-refractivity contribution in [3.05, 3.63) is 59.4 Å². The topological polar surface area (TPSA) is 35.8 Å². The molecular formula is C17H17FN2. The fourth-order valence-electron chi connectivity index (χ4n) is 2.07. The average molecular weight is 268 g/mol. The van der Waals surface area contributed by atoms with Crippen LogP contribution >= 0.6 is 0 Å². The zero-order chi connectivity index (χ0) is 14.4. The van der Waals surface area contributed by atoms with Gasteiger partial charge in [0.15, 0.2) is 0 Å². The molecule has 2 rings (SSSR count). The van der Waals surface area contributed by atoms with Gasteiger partial charge < -0.3 is 5.32 Å². The summed E-state index contributed by atoms with van der Waals surface area (Å²) in [5.41, 5.74) is 2.85. The van der Waals surface area contributed by atoms with Gasteiger partial charge in [-0.25, -0.2) is 4.39 Å². The second kappa shape index (κ2) is 6.83. The highest BCUT2D eigenvalue weighted by Gasteiger charge is 2.07. The molecule has 0 saturated carbocycles. The summed E-state index contributed by atoms with van der Waals surface area (Å²) in [4.78, 5) is 0. The summed E-state index contributed by atoms with van der Waals surface area (Å²) < 4.78 is 14.0. The highest BCUT2D eigenvalue weighted by molar-refractivity contribution is 5.66. The third-order valence-corrected chi connectivity index (χ3v) is 3.09. The number of hydrogen-bond acceptors (Lipinski definition) is 2. The van der Waals surface area contributed by atoms with Crippen molar-refractivity contribution >= 4 is 0 Å². The standard InChI is InChI=1S/C17H17FN2/c1-2-8-20-12-14-6-7-17(18)16(10-14)15-5-3-4-13(9-15)11-19/h3-7,9-10,20H,2,8,12H2,1H3. The third-order valence-electron chi connectivity index (χ3n) is 3.09. The molecule has 3 heteroatoms. The molecule has 0 radical (unpaired) electrons. The molecule has 0 aliphatic carbocycles.